The van der Waals surface area contributed by atoms with Gasteiger partial charge in [-0.05, 0) is 0 Å². The van der Waals surface area contributed by atoms with E-state index in [1.54, 1.807) is 6.07 Å². The maximum atomic E-state index is 10.0. The molecule has 0 unspecified atom stereocenters. The molecule has 0 aromatic carbocycles. The second kappa shape index (κ2) is 2.64. The van der Waals surface area contributed by atoms with Crippen LogP contribution in [-0.2, 0) is 0 Å². The first-order chi connectivity index (χ1) is 4.20. The van der Waals surface area contributed by atoms with Gasteiger partial charge in [-0.25, -0.2) is 0 Å². The van der Waals surface area contributed by atoms with Gasteiger partial charge in [-0.2, -0.15) is 0 Å². The van der Waals surface area contributed by atoms with E-state index in [1.807, 2.05) is 4.94 Å². The van der Waals surface area contributed by atoms with Crippen molar-refractivity contribution < 1.29 is 4.92 Å². The molecule has 3 nitrogen and oxygen atoms in total. The molecule has 0 saturated carbocycles. The van der Waals surface area contributed by atoms with Gasteiger partial charge in [-0.3, -0.25) is 0 Å². The molecule has 1 aromatic rings. The summed E-state index contributed by atoms with van der Waals surface area (Å²) in [4.78, 5) is 11.5. The third kappa shape index (κ3) is 1.64. The van der Waals surface area contributed by atoms with Gasteiger partial charge < -0.3 is 0 Å². The van der Waals surface area contributed by atoms with Gasteiger partial charge in [0.2, 0.25) is 0 Å². The first kappa shape index (κ1) is 6.99. The van der Waals surface area contributed by atoms with Crippen molar-refractivity contribution in [2.75, 3.05) is 0 Å². The Morgan fingerprint density at radius 2 is 2.44 bits per heavy atom. The average Bonchev–Trinajstić information content (AvgIpc) is 2.14. The predicted octanol–water partition coefficient (Wildman–Crippen LogP) is 1.41. The molecule has 0 atom stereocenters. The van der Waals surface area contributed by atoms with Crippen LogP contribution in [0.5, 0.6) is 0 Å². The van der Waals surface area contributed by atoms with Crippen LogP contribution in [0.25, 0.3) is 0 Å². The Labute approximate surface area is 65.7 Å². The molecule has 0 aliphatic rings. The van der Waals surface area contributed by atoms with Gasteiger partial charge in [0, 0.05) is 0 Å². The fraction of sp³-hybridized carbons (Fsp3) is 0. The van der Waals surface area contributed by atoms with Crippen LogP contribution in [0.15, 0.2) is 15.5 Å². The quantitative estimate of drug-likeness (QED) is 0.432. The Morgan fingerprint density at radius 3 is 2.67 bits per heavy atom. The number of hydrogen-bond acceptors (Lipinski definition) is 2. The fourth-order valence-corrected chi connectivity index (χ4v) is 2.66. The van der Waals surface area contributed by atoms with Crippen LogP contribution in [0, 0.1) is 10.1 Å². The van der Waals surface area contributed by atoms with Crippen LogP contribution < -0.4 is 0 Å². The van der Waals surface area contributed by atoms with Crippen LogP contribution in [0.1, 0.15) is 0 Å². The molecule has 9 heavy (non-hydrogen) atoms. The van der Waals surface area contributed by atoms with E-state index in [-0.39, 0.29) is 19.4 Å². The van der Waals surface area contributed by atoms with Gasteiger partial charge in [0.25, 0.3) is 0 Å². The summed E-state index contributed by atoms with van der Waals surface area (Å²) in [6.45, 7) is 0. The van der Waals surface area contributed by atoms with Crippen LogP contribution in [0.4, 0.5) is 4.56 Å². The molecular weight excluding hydrogens is 253 g/mol. The third-order valence-electron chi connectivity index (χ3n) is 0.734. The van der Waals surface area contributed by atoms with Gasteiger partial charge in [-0.15, -0.1) is 0 Å². The van der Waals surface area contributed by atoms with Crippen molar-refractivity contribution in [2.24, 2.45) is 0 Å². The van der Waals surface area contributed by atoms with E-state index in [9.17, 15) is 10.1 Å². The van der Waals surface area contributed by atoms with E-state index in [4.69, 9.17) is 0 Å². The van der Waals surface area contributed by atoms with E-state index >= 15 is 0 Å². The molecule has 0 spiro atoms. The molecule has 1 aromatic heterocycles. The standard InChI is InChI=1S/C4H2BrNO2Se/c5-3-1-4(6(7)8)9-2-3/h1-2H. The Morgan fingerprint density at radius 1 is 1.78 bits per heavy atom. The molecule has 0 fully saturated rings. The summed E-state index contributed by atoms with van der Waals surface area (Å²) in [5, 5.41) is 10.0. The van der Waals surface area contributed by atoms with Crippen LogP contribution in [-0.4, -0.2) is 19.4 Å². The van der Waals surface area contributed by atoms with E-state index < -0.39 is 0 Å². The molecule has 0 bridgehead atoms. The Kier molecular flexibility index (Phi) is 2.05. The van der Waals surface area contributed by atoms with Gasteiger partial charge in [0.05, 0.1) is 0 Å². The van der Waals surface area contributed by atoms with Crippen molar-refractivity contribution >= 4 is 35.0 Å². The third-order valence-corrected chi connectivity index (χ3v) is 3.72. The molecule has 0 aliphatic carbocycles. The number of hydrogen-bond donors (Lipinski definition) is 0. The summed E-state index contributed by atoms with van der Waals surface area (Å²) < 4.78 is 1.14. The van der Waals surface area contributed by atoms with Crippen molar-refractivity contribution in [3.05, 3.63) is 25.6 Å². The molecule has 48 valence electrons. The summed E-state index contributed by atoms with van der Waals surface area (Å²) in [7, 11) is 0. The van der Waals surface area contributed by atoms with Crippen molar-refractivity contribution in [1.29, 1.82) is 0 Å². The minimum atomic E-state index is -0.342. The molecule has 0 radical (unpaired) electrons. The van der Waals surface area contributed by atoms with Gasteiger partial charge >= 0.3 is 65.5 Å². The molecule has 1 heterocycles. The second-order valence-electron chi connectivity index (χ2n) is 1.36. The van der Waals surface area contributed by atoms with E-state index in [2.05, 4.69) is 15.9 Å². The summed E-state index contributed by atoms with van der Waals surface area (Å²) >= 11 is 3.08. The zero-order chi connectivity index (χ0) is 6.85. The fourth-order valence-electron chi connectivity index (χ4n) is 0.398. The van der Waals surface area contributed by atoms with E-state index in [0.29, 0.717) is 4.56 Å². The summed E-state index contributed by atoms with van der Waals surface area (Å²) in [6.07, 6.45) is 0. The van der Waals surface area contributed by atoms with Crippen LogP contribution in [0.2, 0.25) is 0 Å². The van der Waals surface area contributed by atoms with Gasteiger partial charge in [-0.1, -0.05) is 0 Å². The SMILES string of the molecule is O=[N+]([O-])c1cc(Br)c[se]1. The normalized spacial score (nSPS) is 9.44. The monoisotopic (exact) mass is 255 g/mol. The molecular formula is C4H2BrNO2Se. The summed E-state index contributed by atoms with van der Waals surface area (Å²) in [5.74, 6) is 0. The van der Waals surface area contributed by atoms with Crippen LogP contribution in [0.3, 0.4) is 0 Å². The molecule has 0 saturated heterocycles. The Balaban J connectivity index is 2.98. The minimum absolute atomic E-state index is 0.0671. The van der Waals surface area contributed by atoms with Crippen molar-refractivity contribution in [2.45, 2.75) is 0 Å². The number of halogens is 1. The maximum absolute atomic E-state index is 10.0. The summed E-state index contributed by atoms with van der Waals surface area (Å²) in [6, 6.07) is 1.54. The molecule has 0 amide bonds. The summed E-state index contributed by atoms with van der Waals surface area (Å²) in [5.41, 5.74) is 0. The molecule has 5 heteroatoms. The van der Waals surface area contributed by atoms with Crippen molar-refractivity contribution in [3.8, 4) is 0 Å². The van der Waals surface area contributed by atoms with E-state index in [0.717, 1.165) is 4.47 Å². The first-order valence-corrected chi connectivity index (χ1v) is 4.72. The zero-order valence-electron chi connectivity index (χ0n) is 4.20. The molecule has 0 aliphatic heterocycles. The zero-order valence-corrected chi connectivity index (χ0v) is 7.50. The number of nitrogens with zero attached hydrogens (tertiary/aromatic N) is 1. The Bertz CT molecular complexity index is 234. The predicted molar refractivity (Wildman–Crippen MR) is 37.7 cm³/mol. The molecule has 1 rings (SSSR count). The number of rotatable bonds is 1. The van der Waals surface area contributed by atoms with Gasteiger partial charge in [0.1, 0.15) is 0 Å². The van der Waals surface area contributed by atoms with Gasteiger partial charge in [0.15, 0.2) is 0 Å². The van der Waals surface area contributed by atoms with Crippen LogP contribution >= 0.6 is 15.9 Å². The average molecular weight is 255 g/mol. The van der Waals surface area contributed by atoms with Crippen molar-refractivity contribution in [1.82, 2.24) is 0 Å². The topological polar surface area (TPSA) is 43.1 Å². The first-order valence-electron chi connectivity index (χ1n) is 2.08. The van der Waals surface area contributed by atoms with Crippen molar-refractivity contribution in [3.63, 3.8) is 0 Å². The number of nitro groups is 1. The Hall–Kier alpha value is -0.121. The molecule has 0 N–H and O–H groups in total. The van der Waals surface area contributed by atoms with E-state index in [1.165, 1.54) is 0 Å². The second-order valence-corrected chi connectivity index (χ2v) is 4.14.